The first-order valence-electron chi connectivity index (χ1n) is 9.41. The van der Waals surface area contributed by atoms with Crippen molar-refractivity contribution in [2.45, 2.75) is 26.1 Å². The van der Waals surface area contributed by atoms with E-state index in [1.165, 1.54) is 0 Å². The molecule has 0 aliphatic heterocycles. The molecule has 1 atom stereocenters. The van der Waals surface area contributed by atoms with E-state index in [-0.39, 0.29) is 5.97 Å². The highest BCUT2D eigenvalue weighted by molar-refractivity contribution is 6.30. The summed E-state index contributed by atoms with van der Waals surface area (Å²) in [7, 11) is 0. The Kier molecular flexibility index (Phi) is 7.24. The van der Waals surface area contributed by atoms with Gasteiger partial charge in [-0.25, -0.2) is 4.79 Å². The van der Waals surface area contributed by atoms with Crippen LogP contribution in [0.2, 0.25) is 5.02 Å². The number of hydrogen-bond acceptors (Lipinski definition) is 3. The number of ether oxygens (including phenoxy) is 1. The Morgan fingerprint density at radius 2 is 1.36 bits per heavy atom. The van der Waals surface area contributed by atoms with Crippen LogP contribution in [-0.4, -0.2) is 17.5 Å². The van der Waals surface area contributed by atoms with Gasteiger partial charge < -0.3 is 4.74 Å². The highest BCUT2D eigenvalue weighted by Crippen LogP contribution is 2.28. The number of rotatable bonds is 8. The molecule has 3 aromatic carbocycles. The van der Waals surface area contributed by atoms with Crippen molar-refractivity contribution in [2.75, 3.05) is 6.61 Å². The van der Waals surface area contributed by atoms with Crippen LogP contribution in [0.25, 0.3) is 0 Å². The zero-order chi connectivity index (χ0) is 19.8. The molecular weight excluding hydrogens is 370 g/mol. The van der Waals surface area contributed by atoms with Crippen molar-refractivity contribution in [1.29, 1.82) is 0 Å². The van der Waals surface area contributed by atoms with Gasteiger partial charge in [0.15, 0.2) is 0 Å². The summed E-state index contributed by atoms with van der Waals surface area (Å²) in [4.78, 5) is 15.1. The summed E-state index contributed by atoms with van der Waals surface area (Å²) in [6.45, 7) is 3.42. The Hall–Kier alpha value is -2.62. The number of esters is 1. The first kappa shape index (κ1) is 20.1. The summed E-state index contributed by atoms with van der Waals surface area (Å²) in [5, 5.41) is 0.643. The van der Waals surface area contributed by atoms with Crippen molar-refractivity contribution in [3.05, 3.63) is 107 Å². The van der Waals surface area contributed by atoms with Gasteiger partial charge in [0.05, 0.1) is 6.61 Å². The van der Waals surface area contributed by atoms with Crippen LogP contribution in [0, 0.1) is 0 Å². The van der Waals surface area contributed by atoms with E-state index < -0.39 is 6.04 Å². The molecule has 0 bridgehead atoms. The van der Waals surface area contributed by atoms with Gasteiger partial charge in [-0.1, -0.05) is 84.4 Å². The normalized spacial score (nSPS) is 12.0. The van der Waals surface area contributed by atoms with E-state index in [0.717, 1.165) is 16.7 Å². The van der Waals surface area contributed by atoms with Crippen LogP contribution in [0.1, 0.15) is 29.7 Å². The summed E-state index contributed by atoms with van der Waals surface area (Å²) in [6.07, 6.45) is 0. The molecule has 3 nitrogen and oxygen atoms in total. The third-order valence-electron chi connectivity index (χ3n) is 4.52. The largest absolute Gasteiger partial charge is 0.465 e. The zero-order valence-electron chi connectivity index (χ0n) is 15.9. The Morgan fingerprint density at radius 1 is 0.857 bits per heavy atom. The average Bonchev–Trinajstić information content (AvgIpc) is 2.71. The van der Waals surface area contributed by atoms with E-state index in [4.69, 9.17) is 16.3 Å². The van der Waals surface area contributed by atoms with Crippen LogP contribution >= 0.6 is 11.6 Å². The van der Waals surface area contributed by atoms with E-state index in [1.54, 1.807) is 0 Å². The third-order valence-corrected chi connectivity index (χ3v) is 4.77. The topological polar surface area (TPSA) is 29.5 Å². The number of benzene rings is 3. The molecule has 1 unspecified atom stereocenters. The van der Waals surface area contributed by atoms with Gasteiger partial charge in [-0.3, -0.25) is 4.90 Å². The first-order chi connectivity index (χ1) is 13.7. The first-order valence-corrected chi connectivity index (χ1v) is 9.79. The molecule has 0 saturated carbocycles. The summed E-state index contributed by atoms with van der Waals surface area (Å²) in [6, 6.07) is 27.2. The summed E-state index contributed by atoms with van der Waals surface area (Å²) in [5.74, 6) is -0.253. The number of carbonyl (C=O) groups excluding carboxylic acids is 1. The second kappa shape index (κ2) is 10.1. The number of nitrogens with zero attached hydrogens (tertiary/aromatic N) is 1. The Labute approximate surface area is 171 Å². The summed E-state index contributed by atoms with van der Waals surface area (Å²) < 4.78 is 5.43. The maximum absolute atomic E-state index is 13.0. The molecule has 0 amide bonds. The molecule has 4 heteroatoms. The smallest absolute Gasteiger partial charge is 0.328 e. The maximum atomic E-state index is 13.0. The second-order valence-corrected chi connectivity index (χ2v) is 7.02. The standard InChI is InChI=1S/C24H24ClNO2/c1-2-28-24(27)23(21-13-15-22(25)16-14-21)26(17-19-9-5-3-6-10-19)18-20-11-7-4-8-12-20/h3-16,23H,2,17-18H2,1H3. The molecule has 28 heavy (non-hydrogen) atoms. The maximum Gasteiger partial charge on any atom is 0.328 e. The fraction of sp³-hybridized carbons (Fsp3) is 0.208. The molecule has 0 heterocycles. The van der Waals surface area contributed by atoms with Crippen LogP contribution < -0.4 is 0 Å². The van der Waals surface area contributed by atoms with E-state index >= 15 is 0 Å². The molecule has 144 valence electrons. The van der Waals surface area contributed by atoms with Crippen LogP contribution in [0.4, 0.5) is 0 Å². The van der Waals surface area contributed by atoms with Crippen LogP contribution in [0.3, 0.4) is 0 Å². The number of carbonyl (C=O) groups is 1. The molecule has 0 radical (unpaired) electrons. The highest BCUT2D eigenvalue weighted by atomic mass is 35.5. The molecule has 0 fully saturated rings. The summed E-state index contributed by atoms with van der Waals surface area (Å²) in [5.41, 5.74) is 3.15. The van der Waals surface area contributed by atoms with Crippen LogP contribution in [0.15, 0.2) is 84.9 Å². The van der Waals surface area contributed by atoms with Gasteiger partial charge in [0.25, 0.3) is 0 Å². The molecule has 0 saturated heterocycles. The average molecular weight is 394 g/mol. The van der Waals surface area contributed by atoms with Gasteiger partial charge in [0, 0.05) is 18.1 Å². The zero-order valence-corrected chi connectivity index (χ0v) is 16.7. The Bertz CT molecular complexity index is 825. The lowest BCUT2D eigenvalue weighted by atomic mass is 10.0. The van der Waals surface area contributed by atoms with E-state index in [2.05, 4.69) is 29.2 Å². The Morgan fingerprint density at radius 3 is 1.82 bits per heavy atom. The van der Waals surface area contributed by atoms with Gasteiger partial charge in [-0.2, -0.15) is 0 Å². The lowest BCUT2D eigenvalue weighted by Crippen LogP contribution is -2.34. The molecule has 3 aromatic rings. The van der Waals surface area contributed by atoms with Crippen LogP contribution in [0.5, 0.6) is 0 Å². The minimum atomic E-state index is -0.516. The molecule has 0 aliphatic carbocycles. The monoisotopic (exact) mass is 393 g/mol. The molecule has 3 rings (SSSR count). The minimum absolute atomic E-state index is 0.253. The molecule has 0 aliphatic rings. The Balaban J connectivity index is 1.98. The van der Waals surface area contributed by atoms with Gasteiger partial charge in [0.2, 0.25) is 0 Å². The van der Waals surface area contributed by atoms with E-state index in [1.807, 2.05) is 67.6 Å². The minimum Gasteiger partial charge on any atom is -0.465 e. The lowest BCUT2D eigenvalue weighted by Gasteiger charge is -2.30. The molecule has 0 spiro atoms. The number of halogens is 1. The van der Waals surface area contributed by atoms with Gasteiger partial charge in [-0.15, -0.1) is 0 Å². The third kappa shape index (κ3) is 5.44. The predicted octanol–water partition coefficient (Wildman–Crippen LogP) is 5.65. The number of hydrogen-bond donors (Lipinski definition) is 0. The highest BCUT2D eigenvalue weighted by Gasteiger charge is 2.29. The van der Waals surface area contributed by atoms with Gasteiger partial charge in [0.1, 0.15) is 6.04 Å². The van der Waals surface area contributed by atoms with E-state index in [0.29, 0.717) is 24.7 Å². The predicted molar refractivity (Wildman–Crippen MR) is 113 cm³/mol. The molecule has 0 N–H and O–H groups in total. The molecule has 0 aromatic heterocycles. The fourth-order valence-electron chi connectivity index (χ4n) is 3.24. The molecular formula is C24H24ClNO2. The van der Waals surface area contributed by atoms with Crippen molar-refractivity contribution < 1.29 is 9.53 Å². The van der Waals surface area contributed by atoms with Crippen molar-refractivity contribution in [1.82, 2.24) is 4.90 Å². The SMILES string of the molecule is CCOC(=O)C(c1ccc(Cl)cc1)N(Cc1ccccc1)Cc1ccccc1. The lowest BCUT2D eigenvalue weighted by molar-refractivity contribution is -0.150. The van der Waals surface area contributed by atoms with Gasteiger partial charge >= 0.3 is 5.97 Å². The second-order valence-electron chi connectivity index (χ2n) is 6.58. The quantitative estimate of drug-likeness (QED) is 0.463. The fourth-order valence-corrected chi connectivity index (χ4v) is 3.36. The van der Waals surface area contributed by atoms with Crippen molar-refractivity contribution >= 4 is 17.6 Å². The van der Waals surface area contributed by atoms with Crippen molar-refractivity contribution in [2.24, 2.45) is 0 Å². The van der Waals surface area contributed by atoms with Crippen molar-refractivity contribution in [3.63, 3.8) is 0 Å². The summed E-state index contributed by atoms with van der Waals surface area (Å²) >= 11 is 6.07. The van der Waals surface area contributed by atoms with Crippen molar-refractivity contribution in [3.8, 4) is 0 Å². The van der Waals surface area contributed by atoms with Gasteiger partial charge in [-0.05, 0) is 35.7 Å². The van der Waals surface area contributed by atoms with E-state index in [9.17, 15) is 4.79 Å². The van der Waals surface area contributed by atoms with Crippen LogP contribution in [-0.2, 0) is 22.6 Å².